The van der Waals surface area contributed by atoms with Crippen molar-refractivity contribution in [3.05, 3.63) is 120 Å². The third-order valence-electron chi connectivity index (χ3n) is 11.0. The molecule has 0 radical (unpaired) electrons. The summed E-state index contributed by atoms with van der Waals surface area (Å²) >= 11 is 0. The van der Waals surface area contributed by atoms with Gasteiger partial charge in [-0.2, -0.15) is 10.4 Å². The number of hydrogen-bond donors (Lipinski definition) is 1. The molecule has 61 heavy (non-hydrogen) atoms. The highest BCUT2D eigenvalue weighted by atomic mass is 19.1. The van der Waals surface area contributed by atoms with Crippen molar-refractivity contribution < 1.29 is 27.0 Å². The van der Waals surface area contributed by atoms with Crippen LogP contribution in [0.4, 0.5) is 29.5 Å². The number of aromatic nitrogens is 7. The third kappa shape index (κ3) is 10.8. The van der Waals surface area contributed by atoms with Crippen LogP contribution in [0.3, 0.4) is 0 Å². The number of anilines is 2. The maximum Gasteiger partial charge on any atom is 0.225 e. The fraction of sp³-hybridized carbons (Fsp3) is 0.356. The summed E-state index contributed by atoms with van der Waals surface area (Å²) in [5.74, 6) is -1.74. The second-order valence-electron chi connectivity index (χ2n) is 15.0. The molecule has 2 aliphatic rings. The molecule has 316 valence electrons. The van der Waals surface area contributed by atoms with E-state index in [9.17, 15) is 17.6 Å². The summed E-state index contributed by atoms with van der Waals surface area (Å²) < 4.78 is 69.0. The lowest BCUT2D eigenvalue weighted by molar-refractivity contribution is 0.207. The molecule has 2 aliphatic heterocycles. The normalized spacial score (nSPS) is 14.6. The number of nitrogens with zero attached hydrogens (tertiary/aromatic N) is 9. The van der Waals surface area contributed by atoms with Gasteiger partial charge in [-0.3, -0.25) is 5.10 Å². The predicted molar refractivity (Wildman–Crippen MR) is 222 cm³/mol. The molecule has 0 spiro atoms. The number of ether oxygens (including phenoxy) is 2. The van der Waals surface area contributed by atoms with Gasteiger partial charge >= 0.3 is 0 Å². The first-order valence-corrected chi connectivity index (χ1v) is 20.4. The number of pyridine rings is 1. The Bertz CT molecular complexity index is 2330. The highest BCUT2D eigenvalue weighted by Crippen LogP contribution is 2.32. The van der Waals surface area contributed by atoms with Crippen LogP contribution in [-0.2, 0) is 12.8 Å². The average Bonchev–Trinajstić information content (AvgIpc) is 3.85. The molecule has 2 fully saturated rings. The maximum atomic E-state index is 14.6. The second kappa shape index (κ2) is 20.1. The van der Waals surface area contributed by atoms with E-state index in [-0.39, 0.29) is 42.2 Å². The molecular weight excluding hydrogens is 789 g/mol. The molecule has 0 saturated carbocycles. The van der Waals surface area contributed by atoms with Gasteiger partial charge in [0.05, 0.1) is 19.4 Å². The number of aryl methyl sites for hydroxylation is 2. The smallest absolute Gasteiger partial charge is 0.225 e. The first kappa shape index (κ1) is 42.5. The van der Waals surface area contributed by atoms with E-state index < -0.39 is 23.3 Å². The van der Waals surface area contributed by atoms with Gasteiger partial charge in [0.15, 0.2) is 34.8 Å². The molecule has 2 saturated heterocycles. The quantitative estimate of drug-likeness (QED) is 0.119. The summed E-state index contributed by atoms with van der Waals surface area (Å²) in [5.41, 5.74) is 4.36. The molecule has 0 atom stereocenters. The Morgan fingerprint density at radius 1 is 0.607 bits per heavy atom. The van der Waals surface area contributed by atoms with Gasteiger partial charge in [-0.1, -0.05) is 13.8 Å². The summed E-state index contributed by atoms with van der Waals surface area (Å²) in [6, 6.07) is 10.0. The number of piperidine rings is 2. The predicted octanol–water partition coefficient (Wildman–Crippen LogP) is 8.55. The highest BCUT2D eigenvalue weighted by Gasteiger charge is 2.25. The summed E-state index contributed by atoms with van der Waals surface area (Å²) in [4.78, 5) is 25.9. The van der Waals surface area contributed by atoms with Crippen LogP contribution in [0.5, 0.6) is 11.5 Å². The van der Waals surface area contributed by atoms with Gasteiger partial charge in [-0.25, -0.2) is 42.5 Å². The molecule has 8 rings (SSSR count). The maximum absolute atomic E-state index is 14.6. The van der Waals surface area contributed by atoms with Crippen LogP contribution in [-0.4, -0.2) is 74.5 Å². The summed E-state index contributed by atoms with van der Waals surface area (Å²) in [6.07, 6.45) is 17.1. The Hall–Kier alpha value is -6.63. The van der Waals surface area contributed by atoms with Crippen molar-refractivity contribution >= 4 is 11.9 Å². The van der Waals surface area contributed by atoms with Crippen LogP contribution in [0.2, 0.25) is 0 Å². The van der Waals surface area contributed by atoms with E-state index >= 15 is 0 Å². The van der Waals surface area contributed by atoms with Crippen LogP contribution in [0.25, 0.3) is 22.3 Å². The number of rotatable bonds is 12. The number of halogens is 4. The summed E-state index contributed by atoms with van der Waals surface area (Å²) in [6.45, 7) is 7.79. The summed E-state index contributed by atoms with van der Waals surface area (Å²) in [7, 11) is 0. The fourth-order valence-corrected chi connectivity index (χ4v) is 7.16. The van der Waals surface area contributed by atoms with Crippen LogP contribution in [0, 0.1) is 46.4 Å². The molecule has 0 bridgehead atoms. The molecule has 2 aromatic carbocycles. The fourth-order valence-electron chi connectivity index (χ4n) is 7.16. The summed E-state index contributed by atoms with van der Waals surface area (Å²) in [5, 5.41) is 15.3. The number of nitriles is 1. The van der Waals surface area contributed by atoms with Gasteiger partial charge in [0, 0.05) is 74.5 Å². The molecule has 16 heteroatoms. The zero-order valence-corrected chi connectivity index (χ0v) is 34.0. The zero-order chi connectivity index (χ0) is 42.7. The minimum Gasteiger partial charge on any atom is -0.487 e. The number of benzene rings is 2. The molecular formula is C45H46F4N10O2. The molecule has 0 unspecified atom stereocenters. The zero-order valence-electron chi connectivity index (χ0n) is 34.0. The topological polar surface area (TPSA) is 142 Å². The Kier molecular flexibility index (Phi) is 14.0. The lowest BCUT2D eigenvalue weighted by atomic mass is 9.98. The second-order valence-corrected chi connectivity index (χ2v) is 15.0. The van der Waals surface area contributed by atoms with E-state index in [0.29, 0.717) is 28.2 Å². The molecule has 0 aliphatic carbocycles. The lowest BCUT2D eigenvalue weighted by Crippen LogP contribution is -2.36. The van der Waals surface area contributed by atoms with Gasteiger partial charge in [-0.15, -0.1) is 0 Å². The highest BCUT2D eigenvalue weighted by molar-refractivity contribution is 5.64. The molecule has 6 aromatic rings. The van der Waals surface area contributed by atoms with E-state index in [4.69, 9.17) is 14.7 Å². The molecule has 4 aromatic heterocycles. The van der Waals surface area contributed by atoms with Gasteiger partial charge < -0.3 is 19.3 Å². The number of hydrogen-bond acceptors (Lipinski definition) is 11. The van der Waals surface area contributed by atoms with Crippen molar-refractivity contribution in [2.75, 3.05) is 49.2 Å². The van der Waals surface area contributed by atoms with Crippen molar-refractivity contribution in [2.24, 2.45) is 11.8 Å². The van der Waals surface area contributed by atoms with Crippen molar-refractivity contribution in [3.8, 4) is 39.8 Å². The first-order chi connectivity index (χ1) is 29.7. The molecule has 1 N–H and O–H groups in total. The van der Waals surface area contributed by atoms with Gasteiger partial charge in [0.2, 0.25) is 11.9 Å². The Morgan fingerprint density at radius 2 is 1.05 bits per heavy atom. The number of H-pyrrole nitrogens is 1. The van der Waals surface area contributed by atoms with Gasteiger partial charge in [0.25, 0.3) is 0 Å². The number of nitrogens with one attached hydrogen (secondary N) is 1. The Balaban J connectivity index is 0.000000185. The Morgan fingerprint density at radius 3 is 1.41 bits per heavy atom. The van der Waals surface area contributed by atoms with Crippen molar-refractivity contribution in [1.29, 1.82) is 5.26 Å². The van der Waals surface area contributed by atoms with Crippen molar-refractivity contribution in [2.45, 2.75) is 52.4 Å². The van der Waals surface area contributed by atoms with E-state index in [0.717, 1.165) is 81.8 Å². The molecule has 0 amide bonds. The van der Waals surface area contributed by atoms with Gasteiger partial charge in [0.1, 0.15) is 11.8 Å². The minimum absolute atomic E-state index is 0.197. The van der Waals surface area contributed by atoms with Crippen LogP contribution < -0.4 is 19.3 Å². The van der Waals surface area contributed by atoms with Crippen LogP contribution in [0.1, 0.15) is 56.4 Å². The van der Waals surface area contributed by atoms with Crippen LogP contribution >= 0.6 is 0 Å². The van der Waals surface area contributed by atoms with Crippen LogP contribution in [0.15, 0.2) is 79.8 Å². The largest absolute Gasteiger partial charge is 0.487 e. The van der Waals surface area contributed by atoms with E-state index in [2.05, 4.69) is 58.8 Å². The molecule has 6 heterocycles. The van der Waals surface area contributed by atoms with E-state index in [1.807, 2.05) is 30.9 Å². The first-order valence-electron chi connectivity index (χ1n) is 20.4. The molecule has 12 nitrogen and oxygen atoms in total. The standard InChI is InChI=1S/C24H23F2N5O.C21H23F2N5O/c1-2-16-12-29-24(30-13-16)31-7-5-17(6-8-31)15-32-23-21(25)9-19(10-22(23)26)18-3-4-20(11-27)28-14-18;1-2-14-9-24-21(25-10-14)28-5-3-15(4-6-28)13-29-20-18(22)7-16(8-19(20)23)17-11-26-27-12-17/h3-4,9-10,12-14,17H,2,5-8,15H2,1H3;7-12,15H,2-6,13H2,1H3,(H,26,27). The van der Waals surface area contributed by atoms with E-state index in [1.165, 1.54) is 42.7 Å². The monoisotopic (exact) mass is 834 g/mol. The average molecular weight is 835 g/mol. The number of aromatic amines is 1. The lowest BCUT2D eigenvalue weighted by Gasteiger charge is -2.31. The van der Waals surface area contributed by atoms with E-state index in [1.54, 1.807) is 12.3 Å². The SMILES string of the molecule is CCc1cnc(N2CCC(COc3c(F)cc(-c4ccc(C#N)nc4)cc3F)CC2)nc1.CCc1cnc(N2CCC(COc3c(F)cc(-c4cn[nH]c4)cc3F)CC2)nc1. The third-order valence-corrected chi connectivity index (χ3v) is 11.0. The minimum atomic E-state index is -0.758. The van der Waals surface area contributed by atoms with Gasteiger partial charge in [-0.05, 0) is 109 Å². The Labute approximate surface area is 351 Å². The van der Waals surface area contributed by atoms with Crippen molar-refractivity contribution in [1.82, 2.24) is 35.1 Å². The van der Waals surface area contributed by atoms with Crippen molar-refractivity contribution in [3.63, 3.8) is 0 Å².